The number of piperidine rings is 1. The molecular weight excluding hydrogens is 449 g/mol. The number of rotatable bonds is 5. The number of carbonyl (C=O) groups is 1. The van der Waals surface area contributed by atoms with Gasteiger partial charge in [0.05, 0.1) is 15.1 Å². The smallest absolute Gasteiger partial charge is 0.279 e. The molecule has 32 heavy (non-hydrogen) atoms. The van der Waals surface area contributed by atoms with E-state index in [0.717, 1.165) is 12.8 Å². The molecule has 1 aliphatic heterocycles. The molecule has 2 heterocycles. The molecule has 0 saturated carbocycles. The third kappa shape index (κ3) is 4.32. The van der Waals surface area contributed by atoms with Crippen LogP contribution in [0.2, 0.25) is 0 Å². The Morgan fingerprint density at radius 2 is 2.03 bits per heavy atom. The Balaban J connectivity index is 1.65. The fourth-order valence-corrected chi connectivity index (χ4v) is 6.56. The number of allylic oxidation sites excluding steroid dienone is 1. The van der Waals surface area contributed by atoms with Gasteiger partial charge in [-0.3, -0.25) is 4.79 Å². The maximum Gasteiger partial charge on any atom is 0.279 e. The molecule has 3 aromatic rings. The summed E-state index contributed by atoms with van der Waals surface area (Å²) in [6, 6.07) is 10.6. The number of thiazole rings is 1. The maximum atomic E-state index is 14.3. The van der Waals surface area contributed by atoms with E-state index in [0.29, 0.717) is 40.6 Å². The van der Waals surface area contributed by atoms with Crippen molar-refractivity contribution in [2.75, 3.05) is 13.1 Å². The van der Waals surface area contributed by atoms with Crippen molar-refractivity contribution in [1.82, 2.24) is 8.87 Å². The number of hydrogen-bond donors (Lipinski definition) is 0. The van der Waals surface area contributed by atoms with Crippen molar-refractivity contribution in [1.29, 1.82) is 0 Å². The summed E-state index contributed by atoms with van der Waals surface area (Å²) in [6.07, 6.45) is 3.48. The minimum Gasteiger partial charge on any atom is -0.310 e. The van der Waals surface area contributed by atoms with Gasteiger partial charge in [0.1, 0.15) is 5.82 Å². The Morgan fingerprint density at radius 3 is 2.72 bits per heavy atom. The Labute approximate surface area is 190 Å². The number of halogens is 1. The third-order valence-corrected chi connectivity index (χ3v) is 8.44. The van der Waals surface area contributed by atoms with Crippen LogP contribution >= 0.6 is 11.3 Å². The minimum absolute atomic E-state index is 0.161. The topological polar surface area (TPSA) is 71.7 Å². The number of nitrogens with zero attached hydrogens (tertiary/aromatic N) is 3. The second kappa shape index (κ2) is 9.09. The lowest BCUT2D eigenvalue weighted by molar-refractivity contribution is 0.0997. The number of hydrogen-bond acceptors (Lipinski definition) is 4. The first kappa shape index (κ1) is 22.6. The SMILES string of the molecule is C=CCn1c(=NC(=O)c2ccc(S(=O)(=O)N3CCCC(C)C3)cc2)sc2cccc(F)c21. The molecule has 0 aliphatic carbocycles. The first-order valence-corrected chi connectivity index (χ1v) is 12.6. The summed E-state index contributed by atoms with van der Waals surface area (Å²) < 4.78 is 44.0. The number of para-hydroxylation sites is 1. The van der Waals surface area contributed by atoms with E-state index in [1.165, 1.54) is 46.0 Å². The molecule has 0 spiro atoms. The highest BCUT2D eigenvalue weighted by molar-refractivity contribution is 7.89. The van der Waals surface area contributed by atoms with E-state index in [4.69, 9.17) is 0 Å². The Morgan fingerprint density at radius 1 is 1.28 bits per heavy atom. The molecule has 1 unspecified atom stereocenters. The summed E-state index contributed by atoms with van der Waals surface area (Å²) in [5, 5.41) is 0. The lowest BCUT2D eigenvalue weighted by Crippen LogP contribution is -2.39. The lowest BCUT2D eigenvalue weighted by Gasteiger charge is -2.30. The molecular formula is C23H24FN3O3S2. The first-order valence-electron chi connectivity index (χ1n) is 10.4. The molecule has 1 fully saturated rings. The standard InChI is InChI=1S/C23H24FN3O3S2/c1-3-13-27-21-19(24)7-4-8-20(21)31-23(27)25-22(28)17-9-11-18(12-10-17)32(29,30)26-14-5-6-16(2)15-26/h3-4,7-12,16H,1,5-6,13-15H2,2H3. The summed E-state index contributed by atoms with van der Waals surface area (Å²) in [5.74, 6) is -0.590. The molecule has 0 radical (unpaired) electrons. The molecule has 0 bridgehead atoms. The van der Waals surface area contributed by atoms with Gasteiger partial charge in [-0.05, 0) is 55.2 Å². The van der Waals surface area contributed by atoms with Crippen molar-refractivity contribution in [3.8, 4) is 0 Å². The predicted octanol–water partition coefficient (Wildman–Crippen LogP) is 4.19. The lowest BCUT2D eigenvalue weighted by atomic mass is 10.0. The second-order valence-corrected chi connectivity index (χ2v) is 10.9. The third-order valence-electron chi connectivity index (χ3n) is 5.52. The largest absolute Gasteiger partial charge is 0.310 e. The van der Waals surface area contributed by atoms with Crippen LogP contribution in [0.3, 0.4) is 0 Å². The molecule has 4 rings (SSSR count). The van der Waals surface area contributed by atoms with E-state index >= 15 is 0 Å². The molecule has 0 N–H and O–H groups in total. The average molecular weight is 474 g/mol. The Bertz CT molecular complexity index is 1340. The highest BCUT2D eigenvalue weighted by Gasteiger charge is 2.28. The quantitative estimate of drug-likeness (QED) is 0.522. The van der Waals surface area contributed by atoms with Gasteiger partial charge in [0.15, 0.2) is 4.80 Å². The van der Waals surface area contributed by atoms with Gasteiger partial charge in [0.2, 0.25) is 10.0 Å². The average Bonchev–Trinajstić information content (AvgIpc) is 3.12. The summed E-state index contributed by atoms with van der Waals surface area (Å²) in [5.41, 5.74) is 0.639. The molecule has 6 nitrogen and oxygen atoms in total. The van der Waals surface area contributed by atoms with Gasteiger partial charge in [0, 0.05) is 25.2 Å². The van der Waals surface area contributed by atoms with Gasteiger partial charge in [-0.2, -0.15) is 9.30 Å². The maximum absolute atomic E-state index is 14.3. The molecule has 1 amide bonds. The zero-order chi connectivity index (χ0) is 22.9. The van der Waals surface area contributed by atoms with E-state index in [2.05, 4.69) is 11.6 Å². The number of aromatic nitrogens is 1. The predicted molar refractivity (Wildman–Crippen MR) is 123 cm³/mol. The molecule has 1 atom stereocenters. The number of carbonyl (C=O) groups excluding carboxylic acids is 1. The van der Waals surface area contributed by atoms with Gasteiger partial charge < -0.3 is 4.57 Å². The normalized spacial score (nSPS) is 18.2. The first-order chi connectivity index (χ1) is 15.3. The number of benzene rings is 2. The monoisotopic (exact) mass is 473 g/mol. The highest BCUT2D eigenvalue weighted by atomic mass is 32.2. The summed E-state index contributed by atoms with van der Waals surface area (Å²) in [6.45, 7) is 7.06. The summed E-state index contributed by atoms with van der Waals surface area (Å²) >= 11 is 1.21. The number of amides is 1. The zero-order valence-corrected chi connectivity index (χ0v) is 19.3. The molecule has 9 heteroatoms. The molecule has 1 aromatic heterocycles. The van der Waals surface area contributed by atoms with Crippen LogP contribution in [-0.2, 0) is 16.6 Å². The van der Waals surface area contributed by atoms with Crippen LogP contribution < -0.4 is 4.80 Å². The molecule has 168 valence electrons. The van der Waals surface area contributed by atoms with Crippen LogP contribution in [0, 0.1) is 11.7 Å². The van der Waals surface area contributed by atoms with E-state index in [1.54, 1.807) is 22.8 Å². The van der Waals surface area contributed by atoms with Crippen LogP contribution in [0.1, 0.15) is 30.1 Å². The van der Waals surface area contributed by atoms with Crippen LogP contribution in [0.15, 0.2) is 65.0 Å². The van der Waals surface area contributed by atoms with Gasteiger partial charge in [-0.1, -0.05) is 30.4 Å². The van der Waals surface area contributed by atoms with E-state index in [1.807, 2.05) is 6.92 Å². The van der Waals surface area contributed by atoms with Crippen molar-refractivity contribution in [3.05, 3.63) is 71.3 Å². The van der Waals surface area contributed by atoms with Crippen LogP contribution in [0.4, 0.5) is 4.39 Å². The van der Waals surface area contributed by atoms with Crippen molar-refractivity contribution in [2.24, 2.45) is 10.9 Å². The van der Waals surface area contributed by atoms with Gasteiger partial charge in [-0.25, -0.2) is 12.8 Å². The van der Waals surface area contributed by atoms with Gasteiger partial charge >= 0.3 is 0 Å². The van der Waals surface area contributed by atoms with Gasteiger partial charge in [0.25, 0.3) is 5.91 Å². The Hall–Kier alpha value is -2.62. The number of fused-ring (bicyclic) bond motifs is 1. The van der Waals surface area contributed by atoms with Crippen LogP contribution in [0.25, 0.3) is 10.2 Å². The highest BCUT2D eigenvalue weighted by Crippen LogP contribution is 2.24. The zero-order valence-electron chi connectivity index (χ0n) is 17.7. The Kier molecular flexibility index (Phi) is 6.41. The van der Waals surface area contributed by atoms with Crippen molar-refractivity contribution < 1.29 is 17.6 Å². The second-order valence-electron chi connectivity index (χ2n) is 7.92. The van der Waals surface area contributed by atoms with Crippen LogP contribution in [-0.4, -0.2) is 36.3 Å². The van der Waals surface area contributed by atoms with Crippen molar-refractivity contribution in [2.45, 2.75) is 31.2 Å². The molecule has 2 aromatic carbocycles. The van der Waals surface area contributed by atoms with E-state index in [-0.39, 0.29) is 10.5 Å². The minimum atomic E-state index is -3.60. The van der Waals surface area contributed by atoms with Crippen LogP contribution in [0.5, 0.6) is 0 Å². The van der Waals surface area contributed by atoms with E-state index in [9.17, 15) is 17.6 Å². The fraction of sp³-hybridized carbons (Fsp3) is 0.304. The molecule has 1 saturated heterocycles. The fourth-order valence-electron chi connectivity index (χ4n) is 3.91. The van der Waals surface area contributed by atoms with Crippen molar-refractivity contribution >= 4 is 37.5 Å². The molecule has 1 aliphatic rings. The van der Waals surface area contributed by atoms with Crippen molar-refractivity contribution in [3.63, 3.8) is 0 Å². The van der Waals surface area contributed by atoms with Gasteiger partial charge in [-0.15, -0.1) is 6.58 Å². The van der Waals surface area contributed by atoms with E-state index < -0.39 is 21.7 Å². The summed E-state index contributed by atoms with van der Waals surface area (Å²) in [4.78, 5) is 17.5. The number of sulfonamides is 1. The summed E-state index contributed by atoms with van der Waals surface area (Å²) in [7, 11) is -3.60.